The molecule has 1 atom stereocenters. The monoisotopic (exact) mass is 438 g/mol. The highest BCUT2D eigenvalue weighted by Gasteiger charge is 2.37. The minimum Gasteiger partial charge on any atom is -0.464 e. The summed E-state index contributed by atoms with van der Waals surface area (Å²) in [5.41, 5.74) is 1.79. The van der Waals surface area contributed by atoms with E-state index < -0.39 is 11.9 Å². The lowest BCUT2D eigenvalue weighted by molar-refractivity contribution is -0.123. The number of furan rings is 1. The number of hydrogen-bond acceptors (Lipinski definition) is 6. The Balaban J connectivity index is 1.77. The molecule has 0 spiro atoms. The standard InChI is InChI=1S/C23H26N4O3S/c1-15-7-6-10-18(13-15)27(23(29)19-14-31-26-25-19)21(20-12-11-16(2)30-20)22(28)24-17-8-4-3-5-9-17/h6-7,10-14,17,21H,3-5,8-9H2,1-2H3,(H,24,28). The SMILES string of the molecule is Cc1cccc(N(C(=O)c2csnn2)C(C(=O)NC2CCCCC2)c2ccc(C)o2)c1. The van der Waals surface area contributed by atoms with Crippen molar-refractivity contribution in [3.63, 3.8) is 0 Å². The van der Waals surface area contributed by atoms with Crippen LogP contribution >= 0.6 is 11.5 Å². The fourth-order valence-electron chi connectivity index (χ4n) is 4.04. The van der Waals surface area contributed by atoms with Crippen LogP contribution in [0.2, 0.25) is 0 Å². The summed E-state index contributed by atoms with van der Waals surface area (Å²) in [6.45, 7) is 3.77. The van der Waals surface area contributed by atoms with E-state index in [-0.39, 0.29) is 17.6 Å². The van der Waals surface area contributed by atoms with Crippen molar-refractivity contribution >= 4 is 29.0 Å². The van der Waals surface area contributed by atoms with Gasteiger partial charge in [-0.3, -0.25) is 14.5 Å². The van der Waals surface area contributed by atoms with Crippen molar-refractivity contribution in [2.75, 3.05) is 4.90 Å². The number of anilines is 1. The van der Waals surface area contributed by atoms with Crippen molar-refractivity contribution in [2.45, 2.75) is 58.0 Å². The van der Waals surface area contributed by atoms with Gasteiger partial charge < -0.3 is 9.73 Å². The highest BCUT2D eigenvalue weighted by molar-refractivity contribution is 7.03. The molecule has 1 aliphatic rings. The van der Waals surface area contributed by atoms with E-state index in [1.165, 1.54) is 11.3 Å². The summed E-state index contributed by atoms with van der Waals surface area (Å²) >= 11 is 1.10. The second kappa shape index (κ2) is 9.43. The van der Waals surface area contributed by atoms with E-state index in [1.807, 2.05) is 38.1 Å². The fraction of sp³-hybridized carbons (Fsp3) is 0.391. The first-order valence-corrected chi connectivity index (χ1v) is 11.4. The second-order valence-electron chi connectivity index (χ2n) is 8.00. The number of nitrogens with one attached hydrogen (secondary N) is 1. The van der Waals surface area contributed by atoms with Crippen LogP contribution in [0.5, 0.6) is 0 Å². The van der Waals surface area contributed by atoms with Crippen LogP contribution < -0.4 is 10.2 Å². The summed E-state index contributed by atoms with van der Waals surface area (Å²) in [4.78, 5) is 28.6. The van der Waals surface area contributed by atoms with Crippen molar-refractivity contribution in [1.29, 1.82) is 0 Å². The van der Waals surface area contributed by atoms with Crippen LogP contribution in [0.25, 0.3) is 0 Å². The van der Waals surface area contributed by atoms with Gasteiger partial charge in [-0.05, 0) is 68.1 Å². The predicted octanol–water partition coefficient (Wildman–Crippen LogP) is 4.58. The summed E-state index contributed by atoms with van der Waals surface area (Å²) in [7, 11) is 0. The lowest BCUT2D eigenvalue weighted by Crippen LogP contribution is -2.47. The zero-order valence-electron chi connectivity index (χ0n) is 17.7. The van der Waals surface area contributed by atoms with Gasteiger partial charge in [0.05, 0.1) is 0 Å². The molecule has 1 fully saturated rings. The average Bonchev–Trinajstić information content (AvgIpc) is 3.44. The summed E-state index contributed by atoms with van der Waals surface area (Å²) < 4.78 is 9.70. The van der Waals surface area contributed by atoms with Crippen LogP contribution in [0.3, 0.4) is 0 Å². The van der Waals surface area contributed by atoms with Crippen molar-refractivity contribution in [3.05, 3.63) is 64.6 Å². The Kier molecular flexibility index (Phi) is 6.46. The van der Waals surface area contributed by atoms with Gasteiger partial charge in [0.1, 0.15) is 11.5 Å². The van der Waals surface area contributed by atoms with E-state index in [0.29, 0.717) is 17.2 Å². The molecule has 0 bridgehead atoms. The third-order valence-electron chi connectivity index (χ3n) is 5.57. The molecule has 31 heavy (non-hydrogen) atoms. The molecule has 2 heterocycles. The molecular formula is C23H26N4O3S. The highest BCUT2D eigenvalue weighted by Crippen LogP contribution is 2.32. The molecule has 0 saturated heterocycles. The molecule has 0 radical (unpaired) electrons. The van der Waals surface area contributed by atoms with Crippen LogP contribution in [0.15, 0.2) is 46.2 Å². The smallest absolute Gasteiger partial charge is 0.280 e. The van der Waals surface area contributed by atoms with Gasteiger partial charge in [-0.1, -0.05) is 35.9 Å². The zero-order valence-corrected chi connectivity index (χ0v) is 18.5. The lowest BCUT2D eigenvalue weighted by atomic mass is 9.95. The quantitative estimate of drug-likeness (QED) is 0.608. The van der Waals surface area contributed by atoms with E-state index in [9.17, 15) is 9.59 Å². The molecule has 4 rings (SSSR count). The van der Waals surface area contributed by atoms with Gasteiger partial charge >= 0.3 is 0 Å². The molecule has 162 valence electrons. The van der Waals surface area contributed by atoms with Gasteiger partial charge in [0.15, 0.2) is 11.7 Å². The Morgan fingerprint density at radius 2 is 1.97 bits per heavy atom. The second-order valence-corrected chi connectivity index (χ2v) is 8.61. The Labute approximate surface area is 185 Å². The normalized spacial score (nSPS) is 15.4. The van der Waals surface area contributed by atoms with E-state index in [2.05, 4.69) is 14.9 Å². The van der Waals surface area contributed by atoms with Crippen LogP contribution in [0.1, 0.15) is 65.7 Å². The van der Waals surface area contributed by atoms with Crippen molar-refractivity contribution in [2.24, 2.45) is 0 Å². The first-order valence-electron chi connectivity index (χ1n) is 10.6. The van der Waals surface area contributed by atoms with Crippen molar-refractivity contribution in [1.82, 2.24) is 14.9 Å². The molecule has 1 aromatic carbocycles. The number of hydrogen-bond donors (Lipinski definition) is 1. The van der Waals surface area contributed by atoms with Gasteiger partial charge in [0.25, 0.3) is 11.8 Å². The molecule has 0 aliphatic heterocycles. The van der Waals surface area contributed by atoms with Gasteiger partial charge in [0, 0.05) is 17.1 Å². The number of benzene rings is 1. The maximum atomic E-state index is 13.6. The molecular weight excluding hydrogens is 412 g/mol. The van der Waals surface area contributed by atoms with Crippen molar-refractivity contribution < 1.29 is 14.0 Å². The van der Waals surface area contributed by atoms with Gasteiger partial charge in [-0.15, -0.1) is 5.10 Å². The Morgan fingerprint density at radius 3 is 2.61 bits per heavy atom. The number of amides is 2. The predicted molar refractivity (Wildman–Crippen MR) is 119 cm³/mol. The van der Waals surface area contributed by atoms with Gasteiger partial charge in [-0.25, -0.2) is 0 Å². The number of rotatable bonds is 6. The maximum absolute atomic E-state index is 13.6. The van der Waals surface area contributed by atoms with Crippen LogP contribution in [0.4, 0.5) is 5.69 Å². The molecule has 1 aliphatic carbocycles. The first kappa shape index (κ1) is 21.2. The number of aromatic nitrogens is 2. The third-order valence-corrected chi connectivity index (χ3v) is 6.07. The molecule has 3 aromatic rings. The molecule has 1 N–H and O–H groups in total. The Bertz CT molecular complexity index is 1040. The van der Waals surface area contributed by atoms with E-state index in [4.69, 9.17) is 4.42 Å². The van der Waals surface area contributed by atoms with Gasteiger partial charge in [-0.2, -0.15) is 0 Å². The third kappa shape index (κ3) is 4.85. The lowest BCUT2D eigenvalue weighted by Gasteiger charge is -2.31. The number of carbonyl (C=O) groups excluding carboxylic acids is 2. The summed E-state index contributed by atoms with van der Waals surface area (Å²) in [5, 5.41) is 8.71. The van der Waals surface area contributed by atoms with Crippen LogP contribution in [-0.2, 0) is 4.79 Å². The molecule has 1 unspecified atom stereocenters. The Morgan fingerprint density at radius 1 is 1.16 bits per heavy atom. The first-order chi connectivity index (χ1) is 15.0. The van der Waals surface area contributed by atoms with Crippen LogP contribution in [-0.4, -0.2) is 27.4 Å². The summed E-state index contributed by atoms with van der Waals surface area (Å²) in [5.74, 6) is 0.456. The number of carbonyl (C=O) groups is 2. The van der Waals surface area contributed by atoms with Crippen molar-refractivity contribution in [3.8, 4) is 0 Å². The molecule has 7 nitrogen and oxygen atoms in total. The molecule has 2 aromatic heterocycles. The largest absolute Gasteiger partial charge is 0.464 e. The molecule has 2 amide bonds. The minimum atomic E-state index is -0.952. The van der Waals surface area contributed by atoms with Gasteiger partial charge in [0.2, 0.25) is 0 Å². The molecule has 1 saturated carbocycles. The number of aryl methyl sites for hydroxylation is 2. The topological polar surface area (TPSA) is 88.3 Å². The highest BCUT2D eigenvalue weighted by atomic mass is 32.1. The van der Waals surface area contributed by atoms with E-state index >= 15 is 0 Å². The molecule has 8 heteroatoms. The number of nitrogens with zero attached hydrogens (tertiary/aromatic N) is 3. The van der Waals surface area contributed by atoms with E-state index in [1.54, 1.807) is 17.5 Å². The summed E-state index contributed by atoms with van der Waals surface area (Å²) in [6.07, 6.45) is 5.28. The maximum Gasteiger partial charge on any atom is 0.280 e. The minimum absolute atomic E-state index is 0.107. The average molecular weight is 439 g/mol. The fourth-order valence-corrected chi connectivity index (χ4v) is 4.47. The van der Waals surface area contributed by atoms with Crippen LogP contribution in [0, 0.1) is 13.8 Å². The summed E-state index contributed by atoms with van der Waals surface area (Å²) in [6, 6.07) is 10.2. The Hall–Kier alpha value is -3.00. The zero-order chi connectivity index (χ0) is 21.8. The van der Waals surface area contributed by atoms with E-state index in [0.717, 1.165) is 42.8 Å².